The van der Waals surface area contributed by atoms with Gasteiger partial charge in [0.05, 0.1) is 22.8 Å². The molecule has 1 saturated heterocycles. The van der Waals surface area contributed by atoms with Gasteiger partial charge in [0, 0.05) is 24.2 Å². The van der Waals surface area contributed by atoms with E-state index >= 15 is 0 Å². The second-order valence-corrected chi connectivity index (χ2v) is 11.9. The Morgan fingerprint density at radius 3 is 2.50 bits per heavy atom. The molecule has 1 aromatic heterocycles. The van der Waals surface area contributed by atoms with Gasteiger partial charge in [-0.05, 0) is 61.2 Å². The third kappa shape index (κ3) is 6.36. The van der Waals surface area contributed by atoms with Crippen LogP contribution in [-0.2, 0) is 4.79 Å². The Morgan fingerprint density at radius 1 is 1.00 bits per heavy atom. The highest BCUT2D eigenvalue weighted by molar-refractivity contribution is 6.30. The molecule has 46 heavy (non-hydrogen) atoms. The third-order valence-electron chi connectivity index (χ3n) is 8.56. The summed E-state index contributed by atoms with van der Waals surface area (Å²) in [4.78, 5) is 53.5. The lowest BCUT2D eigenvalue weighted by Gasteiger charge is -2.43. The number of carbonyl (C=O) groups is 4. The smallest absolute Gasteiger partial charge is 0.335 e. The van der Waals surface area contributed by atoms with Crippen molar-refractivity contribution in [3.63, 3.8) is 0 Å². The van der Waals surface area contributed by atoms with Gasteiger partial charge in [0.1, 0.15) is 11.7 Å². The van der Waals surface area contributed by atoms with Crippen LogP contribution in [0.3, 0.4) is 0 Å². The number of fused-ring (bicyclic) bond motifs is 1. The summed E-state index contributed by atoms with van der Waals surface area (Å²) < 4.78 is 15.8. The fourth-order valence-corrected chi connectivity index (χ4v) is 6.46. The maximum absolute atomic E-state index is 14.7. The molecule has 1 saturated carbocycles. The Hall–Kier alpha value is -5.04. The Labute approximate surface area is 268 Å². The average molecular weight is 648 g/mol. The second kappa shape index (κ2) is 13.1. The van der Waals surface area contributed by atoms with Crippen LogP contribution in [0.25, 0.3) is 5.69 Å². The molecule has 2 aromatic carbocycles. The fourth-order valence-electron chi connectivity index (χ4n) is 6.29. The van der Waals surface area contributed by atoms with Gasteiger partial charge in [0.25, 0.3) is 11.8 Å². The van der Waals surface area contributed by atoms with Gasteiger partial charge in [-0.1, -0.05) is 54.0 Å². The first kappa shape index (κ1) is 31.0. The summed E-state index contributed by atoms with van der Waals surface area (Å²) in [5.41, 5.74) is 0.892. The minimum Gasteiger partial charge on any atom is -0.478 e. The van der Waals surface area contributed by atoms with Crippen molar-refractivity contribution in [3.8, 4) is 5.69 Å². The molecule has 2 fully saturated rings. The molecule has 3 aromatic rings. The number of anilines is 1. The number of carboxylic acids is 1. The number of likely N-dealkylation sites (tertiary alicyclic amines) is 1. The molecule has 2 heterocycles. The van der Waals surface area contributed by atoms with Crippen LogP contribution >= 0.6 is 11.6 Å². The third-order valence-corrected chi connectivity index (χ3v) is 8.86. The summed E-state index contributed by atoms with van der Waals surface area (Å²) in [6, 6.07) is 8.34. The van der Waals surface area contributed by atoms with Gasteiger partial charge in [-0.15, -0.1) is 5.10 Å². The van der Waals surface area contributed by atoms with E-state index in [2.05, 4.69) is 26.3 Å². The number of nitrogens with zero attached hydrogens (tertiary/aromatic N) is 4. The van der Waals surface area contributed by atoms with Crippen molar-refractivity contribution in [2.45, 2.75) is 50.2 Å². The topological polar surface area (TPSA) is 159 Å². The van der Waals surface area contributed by atoms with E-state index in [-0.39, 0.29) is 46.5 Å². The number of nitrogens with one attached hydrogen (secondary N) is 3. The van der Waals surface area contributed by atoms with Gasteiger partial charge in [-0.3, -0.25) is 9.59 Å². The number of aromatic carboxylic acids is 1. The highest BCUT2D eigenvalue weighted by atomic mass is 35.5. The molecule has 3 aliphatic rings. The standard InChI is InChI=1S/C32H31ClFN7O5/c33-23-8-4-10-26(27(23)34)41-17-25(38-39-41)30(43)40-16-15-21-22(7-3-9-24(21)37-32(46)36-19-5-1-2-6-19)28(40)29(42)35-20-13-11-18(12-14-20)31(44)45/h3-4,7-14,17,19,21,24,28H,1-2,5-6,15-16H2,(H,35,42)(H,44,45)(H2,36,37,46). The first-order valence-corrected chi connectivity index (χ1v) is 15.3. The summed E-state index contributed by atoms with van der Waals surface area (Å²) in [5, 5.41) is 25.9. The molecule has 3 atom stereocenters. The highest BCUT2D eigenvalue weighted by Gasteiger charge is 2.44. The molecule has 3 unspecified atom stereocenters. The van der Waals surface area contributed by atoms with Gasteiger partial charge < -0.3 is 26.0 Å². The minimum atomic E-state index is -1.11. The maximum Gasteiger partial charge on any atom is 0.335 e. The Kier molecular flexibility index (Phi) is 8.84. The summed E-state index contributed by atoms with van der Waals surface area (Å²) in [7, 11) is 0. The molecule has 14 heteroatoms. The van der Waals surface area contributed by atoms with Crippen LogP contribution in [0, 0.1) is 11.7 Å². The molecule has 2 aliphatic carbocycles. The van der Waals surface area contributed by atoms with Crippen molar-refractivity contribution in [1.82, 2.24) is 30.5 Å². The number of urea groups is 1. The largest absolute Gasteiger partial charge is 0.478 e. The molecule has 0 radical (unpaired) electrons. The Balaban J connectivity index is 1.27. The lowest BCUT2D eigenvalue weighted by atomic mass is 9.77. The molecule has 4 N–H and O–H groups in total. The number of benzene rings is 2. The number of carboxylic acid groups (broad SMARTS) is 1. The molecule has 0 spiro atoms. The number of rotatable bonds is 7. The molecule has 0 bridgehead atoms. The number of amides is 4. The highest BCUT2D eigenvalue weighted by Crippen LogP contribution is 2.36. The van der Waals surface area contributed by atoms with Crippen molar-refractivity contribution >= 4 is 41.1 Å². The SMILES string of the molecule is O=C(NC1CCCC1)NC1C=CC=C2C1CCN(C(=O)c1cn(-c3cccc(Cl)c3F)nn1)C2C(=O)Nc1ccc(C(=O)O)cc1. The van der Waals surface area contributed by atoms with Crippen LogP contribution < -0.4 is 16.0 Å². The molecular weight excluding hydrogens is 617 g/mol. The van der Waals surface area contributed by atoms with Crippen molar-refractivity contribution in [2.75, 3.05) is 11.9 Å². The van der Waals surface area contributed by atoms with Crippen molar-refractivity contribution in [3.05, 3.63) is 94.6 Å². The van der Waals surface area contributed by atoms with E-state index < -0.39 is 35.7 Å². The van der Waals surface area contributed by atoms with E-state index in [1.54, 1.807) is 18.2 Å². The first-order valence-electron chi connectivity index (χ1n) is 15.0. The van der Waals surface area contributed by atoms with E-state index in [9.17, 15) is 28.7 Å². The molecule has 238 valence electrons. The second-order valence-electron chi connectivity index (χ2n) is 11.5. The van der Waals surface area contributed by atoms with E-state index in [4.69, 9.17) is 11.6 Å². The number of carbonyl (C=O) groups excluding carboxylic acids is 3. The molecule has 12 nitrogen and oxygen atoms in total. The van der Waals surface area contributed by atoms with Crippen LogP contribution in [-0.4, -0.2) is 73.5 Å². The van der Waals surface area contributed by atoms with Gasteiger partial charge in [-0.2, -0.15) is 0 Å². The number of allylic oxidation sites excluding steroid dienone is 2. The average Bonchev–Trinajstić information content (AvgIpc) is 3.75. The zero-order valence-corrected chi connectivity index (χ0v) is 25.3. The van der Waals surface area contributed by atoms with Crippen LogP contribution in [0.5, 0.6) is 0 Å². The molecule has 4 amide bonds. The van der Waals surface area contributed by atoms with Crippen LogP contribution in [0.4, 0.5) is 14.9 Å². The van der Waals surface area contributed by atoms with E-state index in [0.717, 1.165) is 30.4 Å². The van der Waals surface area contributed by atoms with Gasteiger partial charge in [0.2, 0.25) is 0 Å². The van der Waals surface area contributed by atoms with Crippen LogP contribution in [0.15, 0.2) is 72.5 Å². The maximum atomic E-state index is 14.7. The van der Waals surface area contributed by atoms with Gasteiger partial charge >= 0.3 is 12.0 Å². The summed E-state index contributed by atoms with van der Waals surface area (Å²) >= 11 is 5.92. The fraction of sp³-hybridized carbons (Fsp3) is 0.312. The number of aromatic nitrogens is 3. The Morgan fingerprint density at radius 2 is 1.76 bits per heavy atom. The van der Waals surface area contributed by atoms with E-state index in [1.807, 2.05) is 6.08 Å². The van der Waals surface area contributed by atoms with Crippen molar-refractivity contribution in [2.24, 2.45) is 5.92 Å². The monoisotopic (exact) mass is 647 g/mol. The summed E-state index contributed by atoms with van der Waals surface area (Å²) in [6.45, 7) is 0.144. The van der Waals surface area contributed by atoms with Crippen molar-refractivity contribution < 1.29 is 28.7 Å². The normalized spacial score (nSPS) is 20.9. The predicted octanol–water partition coefficient (Wildman–Crippen LogP) is 4.33. The molecular formula is C32H31ClFN7O5. The van der Waals surface area contributed by atoms with Crippen LogP contribution in [0.1, 0.15) is 53.0 Å². The molecule has 6 rings (SSSR count). The predicted molar refractivity (Wildman–Crippen MR) is 166 cm³/mol. The van der Waals surface area contributed by atoms with Gasteiger partial charge in [0.15, 0.2) is 11.5 Å². The number of hydrogen-bond acceptors (Lipinski definition) is 6. The Bertz CT molecular complexity index is 1730. The lowest BCUT2D eigenvalue weighted by Crippen LogP contribution is -2.57. The van der Waals surface area contributed by atoms with Gasteiger partial charge in [-0.25, -0.2) is 18.7 Å². The number of halogens is 2. The number of piperidine rings is 1. The van der Waals surface area contributed by atoms with E-state index in [1.165, 1.54) is 47.5 Å². The van der Waals surface area contributed by atoms with Crippen LogP contribution in [0.2, 0.25) is 5.02 Å². The molecule has 1 aliphatic heterocycles. The van der Waals surface area contributed by atoms with E-state index in [0.29, 0.717) is 17.7 Å². The van der Waals surface area contributed by atoms with Crippen molar-refractivity contribution in [1.29, 1.82) is 0 Å². The first-order chi connectivity index (χ1) is 22.2. The zero-order valence-electron chi connectivity index (χ0n) is 24.5. The number of hydrogen-bond donors (Lipinski definition) is 4. The summed E-state index contributed by atoms with van der Waals surface area (Å²) in [6.07, 6.45) is 11.1. The minimum absolute atomic E-state index is 0.00165. The quantitative estimate of drug-likeness (QED) is 0.297. The lowest BCUT2D eigenvalue weighted by molar-refractivity contribution is -0.120. The zero-order chi connectivity index (χ0) is 32.4. The summed E-state index contributed by atoms with van der Waals surface area (Å²) in [5.74, 6) is -3.26.